The fourth-order valence-electron chi connectivity index (χ4n) is 9.41. The van der Waals surface area contributed by atoms with E-state index in [1.165, 1.54) is 16.2 Å². The van der Waals surface area contributed by atoms with E-state index in [4.69, 9.17) is 22.3 Å². The van der Waals surface area contributed by atoms with Gasteiger partial charge in [-0.3, -0.25) is 14.7 Å². The summed E-state index contributed by atoms with van der Waals surface area (Å²) in [5, 5.41) is 34.7. The Morgan fingerprint density at radius 1 is 1.09 bits per heavy atom. The highest BCUT2D eigenvalue weighted by Crippen LogP contribution is 2.61. The molecule has 3 aliphatic rings. The fraction of sp³-hybridized carbons (Fsp3) is 0.400. The molecule has 4 aromatic rings. The van der Waals surface area contributed by atoms with Gasteiger partial charge >= 0.3 is 0 Å². The van der Waals surface area contributed by atoms with Crippen molar-refractivity contribution in [3.63, 3.8) is 0 Å². The molecule has 0 saturated heterocycles. The summed E-state index contributed by atoms with van der Waals surface area (Å²) < 4.78 is 0. The molecule has 1 fully saturated rings. The van der Waals surface area contributed by atoms with Crippen molar-refractivity contribution >= 4 is 40.5 Å². The van der Waals surface area contributed by atoms with Gasteiger partial charge in [-0.05, 0) is 127 Å². The maximum absolute atomic E-state index is 14.0. The average molecular weight is 773 g/mol. The molecule has 7 rings (SSSR count). The largest absolute Gasteiger partial charge is 0.396 e. The minimum atomic E-state index is -1.01. The molecule has 4 N–H and O–H groups in total. The monoisotopic (exact) mass is 772 g/mol. The predicted octanol–water partition coefficient (Wildman–Crippen LogP) is 8.83. The first-order valence-electron chi connectivity index (χ1n) is 19.2. The Labute approximate surface area is 333 Å². The maximum Gasteiger partial charge on any atom is 0.234 e. The topological polar surface area (TPSA) is 139 Å². The number of aryl methyl sites for hydroxylation is 1. The van der Waals surface area contributed by atoms with Gasteiger partial charge in [-0.15, -0.1) is 11.3 Å². The van der Waals surface area contributed by atoms with Gasteiger partial charge in [0, 0.05) is 46.8 Å². The third-order valence-corrected chi connectivity index (χ3v) is 14.0. The van der Waals surface area contributed by atoms with Crippen LogP contribution in [0.3, 0.4) is 0 Å². The molecular formula is C45H49ClN6O2S. The van der Waals surface area contributed by atoms with Crippen LogP contribution in [0, 0.1) is 40.4 Å². The number of carbonyl (C=O) groups is 1. The molecule has 3 heterocycles. The molecule has 2 aromatic carbocycles. The van der Waals surface area contributed by atoms with Crippen LogP contribution in [0.15, 0.2) is 101 Å². The number of aliphatic hydroxyl groups is 1. The zero-order chi connectivity index (χ0) is 39.1. The van der Waals surface area contributed by atoms with E-state index < -0.39 is 22.3 Å². The van der Waals surface area contributed by atoms with Crippen LogP contribution in [-0.2, 0) is 27.6 Å². The van der Waals surface area contributed by atoms with Gasteiger partial charge in [-0.25, -0.2) is 4.99 Å². The fourth-order valence-corrected chi connectivity index (χ4v) is 10.8. The first-order chi connectivity index (χ1) is 26.4. The second kappa shape index (κ2) is 15.1. The highest BCUT2D eigenvalue weighted by molar-refractivity contribution is 7.10. The molecule has 0 bridgehead atoms. The van der Waals surface area contributed by atoms with E-state index in [0.29, 0.717) is 23.4 Å². The molecule has 5 atom stereocenters. The predicted molar refractivity (Wildman–Crippen MR) is 221 cm³/mol. The minimum absolute atomic E-state index is 0.0171. The molecule has 0 spiro atoms. The van der Waals surface area contributed by atoms with Crippen molar-refractivity contribution in [2.45, 2.75) is 75.7 Å². The number of rotatable bonds is 12. The van der Waals surface area contributed by atoms with Crippen LogP contribution in [0.5, 0.6) is 0 Å². The summed E-state index contributed by atoms with van der Waals surface area (Å²) in [6.45, 7) is 6.02. The Morgan fingerprint density at radius 2 is 1.80 bits per heavy atom. The number of aromatic nitrogens is 1. The smallest absolute Gasteiger partial charge is 0.234 e. The summed E-state index contributed by atoms with van der Waals surface area (Å²) in [5.41, 5.74) is 9.65. The Bertz CT molecular complexity index is 2210. The number of hydrogen-bond acceptors (Lipinski definition) is 8. The molecule has 1 amide bonds. The molecule has 2 aliphatic carbocycles. The summed E-state index contributed by atoms with van der Waals surface area (Å²) in [6.07, 6.45) is 10.3. The lowest BCUT2D eigenvalue weighted by molar-refractivity contribution is -0.134. The number of halogens is 1. The number of aliphatic hydroxyl groups excluding tert-OH is 1. The lowest BCUT2D eigenvalue weighted by Gasteiger charge is -2.51. The molecule has 3 unspecified atom stereocenters. The number of guanidine groups is 1. The standard InChI is InChI=1S/C45H49ClN6O2S/c1-28(2)38(25-53)45(35-22-39(55-26-35)43(3)37(41(54)52(4)42(49)51-43)13-5-8-29-16-18-50-19-17-29)27-44(33-14-15-33,23-32(24-47)40(45)48)34-11-6-9-30(20-34)31-10-7-12-36(46)21-31/h6-7,9-12,16-23,26,28,33,37-38,48,53H,5,8,13-15,25,27H2,1-4H3,(H2,49,51)/t37?,38-,43+,44?,45?/m1/s1. The van der Waals surface area contributed by atoms with Gasteiger partial charge in [0.25, 0.3) is 0 Å². The van der Waals surface area contributed by atoms with E-state index in [1.54, 1.807) is 19.4 Å². The summed E-state index contributed by atoms with van der Waals surface area (Å²) >= 11 is 7.95. The number of aliphatic imine (C=N–C) groups is 1. The lowest BCUT2D eigenvalue weighted by atomic mass is 9.51. The van der Waals surface area contributed by atoms with Gasteiger partial charge in [0.2, 0.25) is 5.91 Å². The zero-order valence-electron chi connectivity index (χ0n) is 31.9. The number of carbonyl (C=O) groups excluding carboxylic acids is 1. The minimum Gasteiger partial charge on any atom is -0.396 e. The van der Waals surface area contributed by atoms with Gasteiger partial charge in [0.15, 0.2) is 5.96 Å². The quantitative estimate of drug-likeness (QED) is 0.132. The third-order valence-electron chi connectivity index (χ3n) is 12.6. The lowest BCUT2D eigenvalue weighted by Crippen LogP contribution is -2.54. The van der Waals surface area contributed by atoms with E-state index in [-0.39, 0.29) is 41.9 Å². The summed E-state index contributed by atoms with van der Waals surface area (Å²) in [5.74, 6) is -0.488. The summed E-state index contributed by atoms with van der Waals surface area (Å²) in [6, 6.07) is 24.9. The molecule has 10 heteroatoms. The SMILES string of the molecule is CC(C)[C@@H](CO)C1(c2csc([C@@]3(C)N=C(N)N(C)C(=O)C3CCCc3ccncc3)c2)CC(c2cccc(-c3cccc(Cl)c3)c2)(C2CC2)C=C(C#N)C1=N. The number of nitrogens with one attached hydrogen (secondary N) is 1. The van der Waals surface area contributed by atoms with Crippen molar-refractivity contribution in [2.75, 3.05) is 13.7 Å². The van der Waals surface area contributed by atoms with Crippen molar-refractivity contribution < 1.29 is 9.90 Å². The van der Waals surface area contributed by atoms with Crippen LogP contribution in [0.2, 0.25) is 5.02 Å². The van der Waals surface area contributed by atoms with Crippen molar-refractivity contribution in [2.24, 2.45) is 34.4 Å². The van der Waals surface area contributed by atoms with Gasteiger partial charge in [-0.2, -0.15) is 5.26 Å². The maximum atomic E-state index is 14.0. The van der Waals surface area contributed by atoms with E-state index in [0.717, 1.165) is 58.4 Å². The Hall–Kier alpha value is -4.62. The summed E-state index contributed by atoms with van der Waals surface area (Å²) in [7, 11) is 1.68. The van der Waals surface area contributed by atoms with Crippen LogP contribution in [0.1, 0.15) is 74.4 Å². The van der Waals surface area contributed by atoms with Crippen LogP contribution >= 0.6 is 22.9 Å². The number of hydrogen-bond donors (Lipinski definition) is 3. The number of thiophene rings is 1. The molecule has 0 radical (unpaired) electrons. The summed E-state index contributed by atoms with van der Waals surface area (Å²) in [4.78, 5) is 25.5. The number of nitriles is 1. The number of nitrogens with zero attached hydrogens (tertiary/aromatic N) is 4. The second-order valence-corrected chi connectivity index (χ2v) is 17.5. The molecule has 1 saturated carbocycles. The van der Waals surface area contributed by atoms with Gasteiger partial charge in [-0.1, -0.05) is 67.9 Å². The van der Waals surface area contributed by atoms with Crippen LogP contribution in [0.25, 0.3) is 11.1 Å². The zero-order valence-corrected chi connectivity index (χ0v) is 33.5. The van der Waals surface area contributed by atoms with E-state index in [9.17, 15) is 20.6 Å². The van der Waals surface area contributed by atoms with Crippen LogP contribution < -0.4 is 5.73 Å². The van der Waals surface area contributed by atoms with Crippen LogP contribution in [0.4, 0.5) is 0 Å². The molecule has 55 heavy (non-hydrogen) atoms. The molecule has 1 aliphatic heterocycles. The van der Waals surface area contributed by atoms with Gasteiger partial charge in [0.1, 0.15) is 11.6 Å². The van der Waals surface area contributed by atoms with E-state index >= 15 is 0 Å². The number of amides is 1. The Balaban J connectivity index is 1.36. The highest BCUT2D eigenvalue weighted by atomic mass is 35.5. The number of allylic oxidation sites excluding steroid dienone is 2. The first kappa shape index (κ1) is 38.6. The van der Waals surface area contributed by atoms with Gasteiger partial charge < -0.3 is 16.2 Å². The average Bonchev–Trinajstić information content (AvgIpc) is 3.92. The van der Waals surface area contributed by atoms with E-state index in [2.05, 4.69) is 72.8 Å². The van der Waals surface area contributed by atoms with Gasteiger partial charge in [0.05, 0.1) is 17.2 Å². The number of nitrogens with two attached hydrogens (primary N) is 1. The van der Waals surface area contributed by atoms with Crippen molar-refractivity contribution in [3.05, 3.63) is 123 Å². The third kappa shape index (κ3) is 6.83. The highest BCUT2D eigenvalue weighted by Gasteiger charge is 2.59. The molecule has 8 nitrogen and oxygen atoms in total. The second-order valence-electron chi connectivity index (χ2n) is 16.1. The van der Waals surface area contributed by atoms with Crippen LogP contribution in [-0.4, -0.2) is 46.2 Å². The first-order valence-corrected chi connectivity index (χ1v) is 20.4. The Morgan fingerprint density at radius 3 is 2.45 bits per heavy atom. The number of benzene rings is 2. The van der Waals surface area contributed by atoms with E-state index in [1.807, 2.05) is 37.3 Å². The normalized spacial score (nSPS) is 26.1. The molecule has 2 aromatic heterocycles. The van der Waals surface area contributed by atoms with Crippen molar-refractivity contribution in [3.8, 4) is 17.2 Å². The number of pyridine rings is 1. The van der Waals surface area contributed by atoms with Crippen molar-refractivity contribution in [1.29, 1.82) is 10.7 Å². The molecule has 284 valence electrons. The molecular weight excluding hydrogens is 724 g/mol. The van der Waals surface area contributed by atoms with Crippen molar-refractivity contribution in [1.82, 2.24) is 9.88 Å². The Kier molecular flexibility index (Phi) is 10.6.